The molecule has 6 nitrogen and oxygen atoms in total. The fourth-order valence-electron chi connectivity index (χ4n) is 2.65. The van der Waals surface area contributed by atoms with Crippen LogP contribution in [-0.2, 0) is 9.53 Å². The van der Waals surface area contributed by atoms with Gasteiger partial charge in [0.15, 0.2) is 11.5 Å². The van der Waals surface area contributed by atoms with Crippen molar-refractivity contribution in [3.63, 3.8) is 0 Å². The van der Waals surface area contributed by atoms with Crippen molar-refractivity contribution in [2.24, 2.45) is 4.99 Å². The van der Waals surface area contributed by atoms with E-state index in [1.807, 2.05) is 37.3 Å². The molecule has 0 radical (unpaired) electrons. The third kappa shape index (κ3) is 4.81. The summed E-state index contributed by atoms with van der Waals surface area (Å²) in [5, 5.41) is 20.9. The number of carbonyl (C=O) groups is 1. The van der Waals surface area contributed by atoms with Gasteiger partial charge >= 0.3 is 5.97 Å². The zero-order chi connectivity index (χ0) is 20.8. The average Bonchev–Trinajstić information content (AvgIpc) is 3.00. The number of rotatable bonds is 6. The first-order chi connectivity index (χ1) is 14.0. The number of phenols is 1. The molecular weight excluding hydrogens is 390 g/mol. The van der Waals surface area contributed by atoms with E-state index in [9.17, 15) is 15.0 Å². The zero-order valence-corrected chi connectivity index (χ0v) is 16.9. The molecule has 29 heavy (non-hydrogen) atoms. The van der Waals surface area contributed by atoms with Crippen molar-refractivity contribution >= 4 is 34.5 Å². The van der Waals surface area contributed by atoms with Crippen LogP contribution in [0.1, 0.15) is 19.4 Å². The molecule has 7 heteroatoms. The van der Waals surface area contributed by atoms with Crippen molar-refractivity contribution in [2.75, 3.05) is 13.2 Å². The number of ether oxygens (including phenoxy) is 2. The summed E-state index contributed by atoms with van der Waals surface area (Å²) >= 11 is 1.18. The van der Waals surface area contributed by atoms with E-state index in [0.29, 0.717) is 33.6 Å². The van der Waals surface area contributed by atoms with E-state index in [2.05, 4.69) is 4.99 Å². The number of carbonyl (C=O) groups excluding carboxylic acids is 1. The van der Waals surface area contributed by atoms with Crippen LogP contribution in [0.4, 0.5) is 5.69 Å². The Bertz CT molecular complexity index is 996. The number of benzene rings is 2. The molecule has 3 rings (SSSR count). The molecule has 0 unspecified atom stereocenters. The summed E-state index contributed by atoms with van der Waals surface area (Å²) in [6.45, 7) is 4.12. The van der Waals surface area contributed by atoms with Crippen molar-refractivity contribution in [1.82, 2.24) is 0 Å². The van der Waals surface area contributed by atoms with E-state index in [-0.39, 0.29) is 23.7 Å². The molecule has 0 saturated carbocycles. The lowest BCUT2D eigenvalue weighted by molar-refractivity contribution is -0.138. The van der Waals surface area contributed by atoms with Gasteiger partial charge in [0.1, 0.15) is 16.4 Å². The monoisotopic (exact) mass is 411 g/mol. The van der Waals surface area contributed by atoms with Crippen molar-refractivity contribution in [3.8, 4) is 11.5 Å². The molecule has 150 valence electrons. The SMILES string of the molecule is CCOC(=O)C1=C(O)/C(=C\c2ccc(O)c(OCC)c2)SC1=Nc1ccccc1. The maximum Gasteiger partial charge on any atom is 0.344 e. The number of aliphatic hydroxyl groups is 1. The van der Waals surface area contributed by atoms with Crippen LogP contribution in [0.25, 0.3) is 6.08 Å². The number of hydrogen-bond donors (Lipinski definition) is 2. The van der Waals surface area contributed by atoms with E-state index in [4.69, 9.17) is 9.47 Å². The van der Waals surface area contributed by atoms with Crippen LogP contribution in [0.2, 0.25) is 0 Å². The number of hydrogen-bond acceptors (Lipinski definition) is 7. The molecule has 1 aliphatic heterocycles. The van der Waals surface area contributed by atoms with E-state index >= 15 is 0 Å². The Kier molecular flexibility index (Phi) is 6.61. The standard InChI is InChI=1S/C22H21NO5S/c1-3-27-17-12-14(10-11-16(17)24)13-18-20(25)19(22(26)28-4-2)21(29-18)23-15-8-6-5-7-9-15/h5-13,24-25H,3-4H2,1-2H3/b18-13+,23-21?. The van der Waals surface area contributed by atoms with Crippen LogP contribution in [0.5, 0.6) is 11.5 Å². The van der Waals surface area contributed by atoms with Gasteiger partial charge in [0.2, 0.25) is 0 Å². The molecule has 0 bridgehead atoms. The Hall–Kier alpha value is -3.19. The van der Waals surface area contributed by atoms with Crippen molar-refractivity contribution in [2.45, 2.75) is 13.8 Å². The molecule has 1 heterocycles. The minimum absolute atomic E-state index is 0.0337. The number of nitrogens with zero attached hydrogens (tertiary/aromatic N) is 1. The Morgan fingerprint density at radius 2 is 1.86 bits per heavy atom. The molecule has 0 amide bonds. The first-order valence-electron chi connectivity index (χ1n) is 9.13. The predicted molar refractivity (Wildman–Crippen MR) is 115 cm³/mol. The summed E-state index contributed by atoms with van der Waals surface area (Å²) in [4.78, 5) is 17.4. The number of phenolic OH excluding ortho intramolecular Hbond substituents is 1. The van der Waals surface area contributed by atoms with E-state index in [0.717, 1.165) is 0 Å². The lowest BCUT2D eigenvalue weighted by Gasteiger charge is -2.06. The van der Waals surface area contributed by atoms with Crippen LogP contribution in [0.3, 0.4) is 0 Å². The molecular formula is C22H21NO5S. The number of aromatic hydroxyl groups is 1. The van der Waals surface area contributed by atoms with Gasteiger partial charge in [-0.05, 0) is 49.8 Å². The van der Waals surface area contributed by atoms with E-state index < -0.39 is 5.97 Å². The van der Waals surface area contributed by atoms with Crippen molar-refractivity contribution in [1.29, 1.82) is 0 Å². The van der Waals surface area contributed by atoms with E-state index in [1.54, 1.807) is 25.1 Å². The third-order valence-corrected chi connectivity index (χ3v) is 4.96. The number of esters is 1. The maximum atomic E-state index is 12.4. The molecule has 0 aromatic heterocycles. The second-order valence-corrected chi connectivity index (χ2v) is 7.00. The second-order valence-electron chi connectivity index (χ2n) is 5.97. The summed E-state index contributed by atoms with van der Waals surface area (Å²) < 4.78 is 10.5. The highest BCUT2D eigenvalue weighted by molar-refractivity contribution is 8.18. The number of aliphatic imine (C=N–C) groups is 1. The van der Waals surface area contributed by atoms with Gasteiger partial charge in [-0.1, -0.05) is 36.0 Å². The lowest BCUT2D eigenvalue weighted by Crippen LogP contribution is -2.12. The van der Waals surface area contributed by atoms with Crippen LogP contribution in [0.15, 0.2) is 69.8 Å². The van der Waals surface area contributed by atoms with Gasteiger partial charge in [0, 0.05) is 0 Å². The highest BCUT2D eigenvalue weighted by atomic mass is 32.2. The number of aliphatic hydroxyl groups excluding tert-OH is 1. The molecule has 0 saturated heterocycles. The summed E-state index contributed by atoms with van der Waals surface area (Å²) in [5.74, 6) is -0.436. The Balaban J connectivity index is 2.02. The number of thioether (sulfide) groups is 1. The third-order valence-electron chi connectivity index (χ3n) is 3.94. The summed E-state index contributed by atoms with van der Waals surface area (Å²) in [6, 6.07) is 14.0. The van der Waals surface area contributed by atoms with Crippen LogP contribution >= 0.6 is 11.8 Å². The van der Waals surface area contributed by atoms with E-state index in [1.165, 1.54) is 17.8 Å². The molecule has 0 atom stereocenters. The summed E-state index contributed by atoms with van der Waals surface area (Å²) in [5.41, 5.74) is 1.40. The minimum atomic E-state index is -0.628. The normalized spacial score (nSPS) is 16.5. The zero-order valence-electron chi connectivity index (χ0n) is 16.1. The van der Waals surface area contributed by atoms with Gasteiger partial charge < -0.3 is 19.7 Å². The van der Waals surface area contributed by atoms with Gasteiger partial charge in [0.05, 0.1) is 23.8 Å². The van der Waals surface area contributed by atoms with Gasteiger partial charge in [-0.15, -0.1) is 0 Å². The molecule has 0 aliphatic carbocycles. The Morgan fingerprint density at radius 3 is 2.55 bits per heavy atom. The van der Waals surface area contributed by atoms with Crippen molar-refractivity contribution < 1.29 is 24.5 Å². The fraction of sp³-hybridized carbons (Fsp3) is 0.182. The molecule has 2 aromatic rings. The summed E-state index contributed by atoms with van der Waals surface area (Å²) in [7, 11) is 0. The first kappa shape index (κ1) is 20.5. The molecule has 0 spiro atoms. The summed E-state index contributed by atoms with van der Waals surface area (Å²) in [6.07, 6.45) is 1.70. The lowest BCUT2D eigenvalue weighted by atomic mass is 10.1. The molecule has 2 aromatic carbocycles. The highest BCUT2D eigenvalue weighted by Crippen LogP contribution is 2.40. The predicted octanol–water partition coefficient (Wildman–Crippen LogP) is 4.98. The minimum Gasteiger partial charge on any atom is -0.506 e. The van der Waals surface area contributed by atoms with Gasteiger partial charge in [0.25, 0.3) is 0 Å². The first-order valence-corrected chi connectivity index (χ1v) is 9.95. The number of para-hydroxylation sites is 1. The molecule has 2 N–H and O–H groups in total. The Morgan fingerprint density at radius 1 is 1.10 bits per heavy atom. The maximum absolute atomic E-state index is 12.4. The van der Waals surface area contributed by atoms with Crippen molar-refractivity contribution in [3.05, 3.63) is 70.3 Å². The van der Waals surface area contributed by atoms with Crippen LogP contribution < -0.4 is 4.74 Å². The second kappa shape index (κ2) is 9.34. The molecule has 0 fully saturated rings. The fourth-order valence-corrected chi connectivity index (χ4v) is 3.69. The topological polar surface area (TPSA) is 88.4 Å². The molecule has 1 aliphatic rings. The average molecular weight is 411 g/mol. The van der Waals surface area contributed by atoms with Gasteiger partial charge in [-0.3, -0.25) is 0 Å². The van der Waals surface area contributed by atoms with Crippen LogP contribution in [0, 0.1) is 0 Å². The quantitative estimate of drug-likeness (QED) is 0.652. The van der Waals surface area contributed by atoms with Gasteiger partial charge in [-0.25, -0.2) is 9.79 Å². The van der Waals surface area contributed by atoms with Crippen LogP contribution in [-0.4, -0.2) is 34.4 Å². The highest BCUT2D eigenvalue weighted by Gasteiger charge is 2.33. The smallest absolute Gasteiger partial charge is 0.344 e. The van der Waals surface area contributed by atoms with Gasteiger partial charge in [-0.2, -0.15) is 0 Å². The largest absolute Gasteiger partial charge is 0.506 e. The Labute approximate surface area is 173 Å².